The first kappa shape index (κ1) is 21.5. The Morgan fingerprint density at radius 3 is 2.61 bits per heavy atom. The van der Waals surface area contributed by atoms with Gasteiger partial charge in [-0.05, 0) is 43.0 Å². The van der Waals surface area contributed by atoms with Crippen LogP contribution in [-0.4, -0.2) is 34.8 Å². The molecule has 0 radical (unpaired) electrons. The Bertz CT molecular complexity index is 1210. The zero-order chi connectivity index (χ0) is 22.0. The fourth-order valence-corrected chi connectivity index (χ4v) is 4.83. The summed E-state index contributed by atoms with van der Waals surface area (Å²) in [5, 5.41) is 17.3. The van der Waals surface area contributed by atoms with E-state index in [0.29, 0.717) is 28.9 Å². The van der Waals surface area contributed by atoms with Crippen LogP contribution in [-0.2, 0) is 21.4 Å². The Morgan fingerprint density at radius 1 is 1.19 bits per heavy atom. The lowest BCUT2D eigenvalue weighted by Gasteiger charge is -2.11. The van der Waals surface area contributed by atoms with Crippen LogP contribution in [0.15, 0.2) is 58.6 Å². The van der Waals surface area contributed by atoms with Gasteiger partial charge in [0.05, 0.1) is 17.2 Å². The first-order valence-electron chi connectivity index (χ1n) is 9.84. The lowest BCUT2D eigenvalue weighted by Crippen LogP contribution is -2.17. The molecule has 0 bridgehead atoms. The number of nitrogens with one attached hydrogen (secondary N) is 1. The summed E-state index contributed by atoms with van der Waals surface area (Å²) in [7, 11) is -3.86. The van der Waals surface area contributed by atoms with Crippen LogP contribution in [0.2, 0.25) is 0 Å². The topological polar surface area (TPSA) is 120 Å². The molecule has 31 heavy (non-hydrogen) atoms. The Morgan fingerprint density at radius 2 is 1.94 bits per heavy atom. The Hall–Kier alpha value is -2.69. The van der Waals surface area contributed by atoms with E-state index in [4.69, 9.17) is 5.14 Å². The monoisotopic (exact) mass is 457 g/mol. The number of amides is 1. The molecule has 3 N–H and O–H groups in total. The highest BCUT2D eigenvalue weighted by atomic mass is 32.2. The summed E-state index contributed by atoms with van der Waals surface area (Å²) in [6.45, 7) is 2.30. The number of nitrogens with two attached hydrogens (primary N) is 1. The molecule has 1 aliphatic rings. The van der Waals surface area contributed by atoms with E-state index < -0.39 is 10.0 Å². The third kappa shape index (κ3) is 5.33. The number of hydrogen-bond acceptors (Lipinski definition) is 6. The zero-order valence-corrected chi connectivity index (χ0v) is 18.6. The lowest BCUT2D eigenvalue weighted by molar-refractivity contribution is -0.113. The minimum absolute atomic E-state index is 0.00497. The second kappa shape index (κ2) is 8.81. The number of carbonyl (C=O) groups excluding carboxylic acids is 1. The highest BCUT2D eigenvalue weighted by molar-refractivity contribution is 7.99. The van der Waals surface area contributed by atoms with Gasteiger partial charge in [-0.15, -0.1) is 10.2 Å². The maximum Gasteiger partial charge on any atom is 0.238 e. The number of hydrogen-bond donors (Lipinski definition) is 2. The molecule has 1 aromatic heterocycles. The molecule has 0 spiro atoms. The smallest absolute Gasteiger partial charge is 0.238 e. The molecule has 1 amide bonds. The van der Waals surface area contributed by atoms with Gasteiger partial charge in [-0.2, -0.15) is 0 Å². The summed E-state index contributed by atoms with van der Waals surface area (Å²) in [4.78, 5) is 12.5. The van der Waals surface area contributed by atoms with Crippen LogP contribution in [0.5, 0.6) is 0 Å². The van der Waals surface area contributed by atoms with E-state index >= 15 is 0 Å². The molecule has 0 aliphatic heterocycles. The minimum atomic E-state index is -3.86. The first-order valence-corrected chi connectivity index (χ1v) is 12.4. The summed E-state index contributed by atoms with van der Waals surface area (Å²) in [5.74, 6) is 1.25. The molecular weight excluding hydrogens is 434 g/mol. The molecule has 0 unspecified atom stereocenters. The van der Waals surface area contributed by atoms with Crippen molar-refractivity contribution in [2.75, 3.05) is 11.1 Å². The fraction of sp³-hybridized carbons (Fsp3) is 0.286. The second-order valence-electron chi connectivity index (χ2n) is 7.55. The molecular formula is C21H23N5O3S2. The van der Waals surface area contributed by atoms with Crippen LogP contribution in [0.3, 0.4) is 0 Å². The average molecular weight is 458 g/mol. The van der Waals surface area contributed by atoms with Crippen molar-refractivity contribution in [2.24, 2.45) is 5.14 Å². The third-order valence-electron chi connectivity index (χ3n) is 4.98. The number of anilines is 1. The Balaban J connectivity index is 1.45. The highest BCUT2D eigenvalue weighted by Gasteiger charge is 2.30. The van der Waals surface area contributed by atoms with Crippen molar-refractivity contribution in [3.05, 3.63) is 65.5 Å². The number of nitrogens with zero attached hydrogens (tertiary/aromatic N) is 3. The molecule has 0 atom stereocenters. The number of carbonyl (C=O) groups is 1. The predicted molar refractivity (Wildman–Crippen MR) is 119 cm³/mol. The van der Waals surface area contributed by atoms with Crippen molar-refractivity contribution >= 4 is 33.4 Å². The van der Waals surface area contributed by atoms with Crippen molar-refractivity contribution in [1.29, 1.82) is 0 Å². The highest BCUT2D eigenvalue weighted by Crippen LogP contribution is 2.40. The predicted octanol–water partition coefficient (Wildman–Crippen LogP) is 2.89. The number of benzene rings is 2. The standard InChI is InChI=1S/C21H23N5O3S2/c1-14-7-10-17(11-18(14)31(22,28)29)23-19(27)13-30-21-25-24-20(16-8-9-16)26(21)12-15-5-3-2-4-6-15/h2-7,10-11,16H,8-9,12-13H2,1H3,(H,23,27)(H2,22,28,29). The van der Waals surface area contributed by atoms with Crippen LogP contribution in [0.25, 0.3) is 0 Å². The quantitative estimate of drug-likeness (QED) is 0.502. The summed E-state index contributed by atoms with van der Waals surface area (Å²) < 4.78 is 25.5. The molecule has 162 valence electrons. The van der Waals surface area contributed by atoms with Crippen LogP contribution in [0.4, 0.5) is 5.69 Å². The summed E-state index contributed by atoms with van der Waals surface area (Å²) >= 11 is 1.31. The van der Waals surface area contributed by atoms with Gasteiger partial charge in [-0.1, -0.05) is 48.2 Å². The first-order chi connectivity index (χ1) is 14.8. The van der Waals surface area contributed by atoms with Gasteiger partial charge in [0, 0.05) is 11.6 Å². The molecule has 3 aromatic rings. The number of sulfonamides is 1. The van der Waals surface area contributed by atoms with Gasteiger partial charge in [0.25, 0.3) is 0 Å². The number of rotatable bonds is 8. The maximum absolute atomic E-state index is 12.5. The van der Waals surface area contributed by atoms with Crippen molar-refractivity contribution in [1.82, 2.24) is 14.8 Å². The molecule has 0 saturated heterocycles. The van der Waals surface area contributed by atoms with Crippen molar-refractivity contribution in [2.45, 2.75) is 42.3 Å². The van der Waals surface area contributed by atoms with Gasteiger partial charge in [-0.25, -0.2) is 13.6 Å². The van der Waals surface area contributed by atoms with Gasteiger partial charge >= 0.3 is 0 Å². The van der Waals surface area contributed by atoms with E-state index in [2.05, 4.69) is 32.2 Å². The van der Waals surface area contributed by atoms with E-state index in [-0.39, 0.29) is 16.6 Å². The van der Waals surface area contributed by atoms with E-state index in [1.54, 1.807) is 19.1 Å². The van der Waals surface area contributed by atoms with Gasteiger partial charge in [0.1, 0.15) is 5.82 Å². The number of aryl methyl sites for hydroxylation is 1. The van der Waals surface area contributed by atoms with Crippen LogP contribution in [0.1, 0.15) is 35.7 Å². The Kier molecular flexibility index (Phi) is 6.12. The molecule has 1 fully saturated rings. The van der Waals surface area contributed by atoms with Crippen LogP contribution >= 0.6 is 11.8 Å². The maximum atomic E-state index is 12.5. The average Bonchev–Trinajstić information content (AvgIpc) is 3.49. The second-order valence-corrected chi connectivity index (χ2v) is 10.0. The van der Waals surface area contributed by atoms with E-state index in [9.17, 15) is 13.2 Å². The van der Waals surface area contributed by atoms with E-state index in [1.807, 2.05) is 18.2 Å². The van der Waals surface area contributed by atoms with Crippen LogP contribution < -0.4 is 10.5 Å². The molecule has 8 nitrogen and oxygen atoms in total. The molecule has 1 heterocycles. The molecule has 1 aliphatic carbocycles. The number of thioether (sulfide) groups is 1. The lowest BCUT2D eigenvalue weighted by atomic mass is 10.2. The number of aromatic nitrogens is 3. The summed E-state index contributed by atoms with van der Waals surface area (Å²) in [6.07, 6.45) is 2.22. The van der Waals surface area contributed by atoms with Crippen molar-refractivity contribution in [3.63, 3.8) is 0 Å². The van der Waals surface area contributed by atoms with Crippen molar-refractivity contribution < 1.29 is 13.2 Å². The fourth-order valence-electron chi connectivity index (χ4n) is 3.28. The molecule has 4 rings (SSSR count). The largest absolute Gasteiger partial charge is 0.325 e. The number of primary sulfonamides is 1. The SMILES string of the molecule is Cc1ccc(NC(=O)CSc2nnc(C3CC3)n2Cc2ccccc2)cc1S(N)(=O)=O. The normalized spacial score (nSPS) is 13.9. The molecule has 10 heteroatoms. The molecule has 1 saturated carbocycles. The van der Waals surface area contributed by atoms with Crippen LogP contribution in [0, 0.1) is 6.92 Å². The van der Waals surface area contributed by atoms with Gasteiger partial charge in [0.2, 0.25) is 15.9 Å². The van der Waals surface area contributed by atoms with Gasteiger partial charge in [0.15, 0.2) is 5.16 Å². The third-order valence-corrected chi connectivity index (χ3v) is 7.00. The van der Waals surface area contributed by atoms with Crippen molar-refractivity contribution in [3.8, 4) is 0 Å². The summed E-state index contributed by atoms with van der Waals surface area (Å²) in [5.41, 5.74) is 2.05. The van der Waals surface area contributed by atoms with E-state index in [0.717, 1.165) is 24.2 Å². The van der Waals surface area contributed by atoms with Gasteiger partial charge < -0.3 is 9.88 Å². The van der Waals surface area contributed by atoms with Gasteiger partial charge in [-0.3, -0.25) is 4.79 Å². The summed E-state index contributed by atoms with van der Waals surface area (Å²) in [6, 6.07) is 14.7. The molecule has 2 aromatic carbocycles. The minimum Gasteiger partial charge on any atom is -0.325 e. The van der Waals surface area contributed by atoms with E-state index in [1.165, 1.54) is 17.8 Å². The Labute approximate surface area is 185 Å². The zero-order valence-electron chi connectivity index (χ0n) is 17.0.